The predicted molar refractivity (Wildman–Crippen MR) is 123 cm³/mol. The lowest BCUT2D eigenvalue weighted by Gasteiger charge is -2.17. The fourth-order valence-electron chi connectivity index (χ4n) is 3.15. The van der Waals surface area contributed by atoms with Crippen molar-refractivity contribution < 1.29 is 13.2 Å². The Bertz CT molecular complexity index is 1240. The van der Waals surface area contributed by atoms with E-state index in [4.69, 9.17) is 0 Å². The average molecular weight is 448 g/mol. The quantitative estimate of drug-likeness (QED) is 0.579. The first-order chi connectivity index (χ1) is 15.4. The van der Waals surface area contributed by atoms with Gasteiger partial charge in [-0.15, -0.1) is 0 Å². The molecule has 1 aliphatic rings. The van der Waals surface area contributed by atoms with Gasteiger partial charge in [0.25, 0.3) is 15.9 Å². The van der Waals surface area contributed by atoms with Crippen LogP contribution in [-0.4, -0.2) is 55.2 Å². The third-order valence-electron chi connectivity index (χ3n) is 4.95. The summed E-state index contributed by atoms with van der Waals surface area (Å²) >= 11 is 0. The fraction of sp³-hybridized carbons (Fsp3) is 0.130. The Balaban J connectivity index is 1.40. The third-order valence-corrected chi connectivity index (χ3v) is 6.70. The van der Waals surface area contributed by atoms with Gasteiger partial charge < -0.3 is 0 Å². The topological polar surface area (TPSA) is 95.8 Å². The maximum Gasteiger partial charge on any atom is 0.266 e. The van der Waals surface area contributed by atoms with E-state index in [1.54, 1.807) is 41.6 Å². The molecule has 9 heteroatoms. The van der Waals surface area contributed by atoms with Crippen LogP contribution in [0.5, 0.6) is 0 Å². The Morgan fingerprint density at radius 1 is 1.03 bits per heavy atom. The van der Waals surface area contributed by atoms with Gasteiger partial charge in [-0.25, -0.2) is 22.7 Å². The largest absolute Gasteiger partial charge is 0.297 e. The van der Waals surface area contributed by atoms with Gasteiger partial charge in [0, 0.05) is 25.0 Å². The highest BCUT2D eigenvalue weighted by Crippen LogP contribution is 2.19. The number of sulfonamides is 1. The first-order valence-corrected chi connectivity index (χ1v) is 11.3. The van der Waals surface area contributed by atoms with Gasteiger partial charge in [-0.1, -0.05) is 42.5 Å². The summed E-state index contributed by atoms with van der Waals surface area (Å²) in [5.41, 5.74) is 1.44. The van der Waals surface area contributed by atoms with Crippen molar-refractivity contribution in [3.05, 3.63) is 90.3 Å². The van der Waals surface area contributed by atoms with Gasteiger partial charge in [-0.05, 0) is 35.9 Å². The smallest absolute Gasteiger partial charge is 0.266 e. The zero-order valence-corrected chi connectivity index (χ0v) is 18.1. The number of hydrogen-bond donors (Lipinski definition) is 0. The SMILES string of the molecule is CN(c1ncccn1)S(=O)(=O)c1ccc(C=CC2CN(C(=O)c3ccccc3)C=N2)cc1. The van der Waals surface area contributed by atoms with Crippen molar-refractivity contribution in [2.75, 3.05) is 17.9 Å². The van der Waals surface area contributed by atoms with Crippen LogP contribution in [0.3, 0.4) is 0 Å². The summed E-state index contributed by atoms with van der Waals surface area (Å²) < 4.78 is 26.6. The molecular formula is C23H21N5O3S. The molecule has 0 aliphatic carbocycles. The van der Waals surface area contributed by atoms with Gasteiger partial charge in [0.1, 0.15) is 0 Å². The Kier molecular flexibility index (Phi) is 6.09. The van der Waals surface area contributed by atoms with Crippen LogP contribution in [0.2, 0.25) is 0 Å². The number of aliphatic imine (C=N–C) groups is 1. The number of hydrogen-bond acceptors (Lipinski definition) is 6. The van der Waals surface area contributed by atoms with E-state index >= 15 is 0 Å². The number of amides is 1. The molecule has 0 saturated carbocycles. The molecule has 0 radical (unpaired) electrons. The molecule has 2 heterocycles. The van der Waals surface area contributed by atoms with Crippen molar-refractivity contribution in [2.45, 2.75) is 10.9 Å². The molecule has 8 nitrogen and oxygen atoms in total. The zero-order valence-electron chi connectivity index (χ0n) is 17.3. The standard InChI is InChI=1S/C23H21N5O3S/c1-27(23-24-14-5-15-25-23)32(30,31)21-12-9-18(10-13-21)8-11-20-16-28(17-26-20)22(29)19-6-3-2-4-7-19/h2-15,17,20H,16H2,1H3. The number of nitrogens with zero attached hydrogens (tertiary/aromatic N) is 5. The minimum absolute atomic E-state index is 0.0914. The van der Waals surface area contributed by atoms with Gasteiger partial charge >= 0.3 is 0 Å². The highest BCUT2D eigenvalue weighted by atomic mass is 32.2. The molecule has 32 heavy (non-hydrogen) atoms. The lowest BCUT2D eigenvalue weighted by Crippen LogP contribution is -2.29. The van der Waals surface area contributed by atoms with E-state index in [0.717, 1.165) is 9.87 Å². The molecule has 162 valence electrons. The van der Waals surface area contributed by atoms with Crippen molar-refractivity contribution in [2.24, 2.45) is 4.99 Å². The fourth-order valence-corrected chi connectivity index (χ4v) is 4.25. The van der Waals surface area contributed by atoms with Crippen LogP contribution in [0.1, 0.15) is 15.9 Å². The number of benzene rings is 2. The monoisotopic (exact) mass is 447 g/mol. The first kappa shape index (κ1) is 21.4. The normalized spacial score (nSPS) is 15.9. The number of anilines is 1. The molecule has 1 atom stereocenters. The molecule has 1 unspecified atom stereocenters. The number of carbonyl (C=O) groups is 1. The highest BCUT2D eigenvalue weighted by Gasteiger charge is 2.23. The van der Waals surface area contributed by atoms with Crippen LogP contribution < -0.4 is 4.31 Å². The first-order valence-electron chi connectivity index (χ1n) is 9.89. The van der Waals surface area contributed by atoms with Crippen LogP contribution in [0.25, 0.3) is 6.08 Å². The maximum atomic E-state index is 12.8. The van der Waals surface area contributed by atoms with Gasteiger partial charge in [0.2, 0.25) is 5.95 Å². The van der Waals surface area contributed by atoms with Gasteiger partial charge in [-0.2, -0.15) is 0 Å². The van der Waals surface area contributed by atoms with E-state index < -0.39 is 10.0 Å². The second-order valence-corrected chi connectivity index (χ2v) is 9.07. The lowest BCUT2D eigenvalue weighted by atomic mass is 10.1. The Labute approximate surface area is 186 Å². The van der Waals surface area contributed by atoms with Crippen molar-refractivity contribution in [3.63, 3.8) is 0 Å². The van der Waals surface area contributed by atoms with E-state index in [9.17, 15) is 13.2 Å². The summed E-state index contributed by atoms with van der Waals surface area (Å²) in [5.74, 6) is 0.0106. The molecule has 1 aliphatic heterocycles. The maximum absolute atomic E-state index is 12.8. The second kappa shape index (κ2) is 9.11. The number of rotatable bonds is 6. The van der Waals surface area contributed by atoms with Crippen LogP contribution in [0.4, 0.5) is 5.95 Å². The Hall–Kier alpha value is -3.85. The highest BCUT2D eigenvalue weighted by molar-refractivity contribution is 7.92. The van der Waals surface area contributed by atoms with Gasteiger partial charge in [0.05, 0.1) is 23.8 Å². The summed E-state index contributed by atoms with van der Waals surface area (Å²) in [4.78, 5) is 26.6. The number of carbonyl (C=O) groups excluding carboxylic acids is 1. The Morgan fingerprint density at radius 2 is 1.72 bits per heavy atom. The molecule has 1 amide bonds. The van der Waals surface area contributed by atoms with Gasteiger partial charge in [0.15, 0.2) is 0 Å². The predicted octanol–water partition coefficient (Wildman–Crippen LogP) is 2.87. The summed E-state index contributed by atoms with van der Waals surface area (Å²) in [5, 5.41) is 0. The Morgan fingerprint density at radius 3 is 2.41 bits per heavy atom. The molecule has 0 N–H and O–H groups in total. The summed E-state index contributed by atoms with van der Waals surface area (Å²) in [7, 11) is -2.35. The minimum Gasteiger partial charge on any atom is -0.297 e. The molecule has 2 aromatic carbocycles. The molecule has 0 fully saturated rings. The van der Waals surface area contributed by atoms with E-state index in [1.165, 1.54) is 31.6 Å². The van der Waals surface area contributed by atoms with Crippen LogP contribution in [0, 0.1) is 0 Å². The molecule has 0 bridgehead atoms. The summed E-state index contributed by atoms with van der Waals surface area (Å²) in [6.07, 6.45) is 8.28. The van der Waals surface area contributed by atoms with Crippen molar-refractivity contribution in [1.29, 1.82) is 0 Å². The molecule has 0 spiro atoms. The molecule has 4 rings (SSSR count). The minimum atomic E-state index is -3.77. The van der Waals surface area contributed by atoms with E-state index in [-0.39, 0.29) is 22.8 Å². The lowest BCUT2D eigenvalue weighted by molar-refractivity contribution is 0.0859. The van der Waals surface area contributed by atoms with Crippen molar-refractivity contribution >= 4 is 34.3 Å². The van der Waals surface area contributed by atoms with Crippen LogP contribution in [-0.2, 0) is 10.0 Å². The second-order valence-electron chi connectivity index (χ2n) is 7.10. The molecular weight excluding hydrogens is 426 g/mol. The van der Waals surface area contributed by atoms with E-state index in [1.807, 2.05) is 30.4 Å². The van der Waals surface area contributed by atoms with Crippen LogP contribution in [0.15, 0.2) is 89.0 Å². The summed E-state index contributed by atoms with van der Waals surface area (Å²) in [6, 6.07) is 17.0. The third kappa shape index (κ3) is 4.57. The van der Waals surface area contributed by atoms with Crippen LogP contribution >= 0.6 is 0 Å². The average Bonchev–Trinajstić information content (AvgIpc) is 3.32. The molecule has 0 saturated heterocycles. The van der Waals surface area contributed by atoms with Crippen molar-refractivity contribution in [3.8, 4) is 0 Å². The summed E-state index contributed by atoms with van der Waals surface area (Å²) in [6.45, 7) is 0.457. The van der Waals surface area contributed by atoms with Gasteiger partial charge in [-0.3, -0.25) is 14.7 Å². The molecule has 1 aromatic heterocycles. The number of aromatic nitrogens is 2. The molecule has 3 aromatic rings. The zero-order chi connectivity index (χ0) is 22.6. The van der Waals surface area contributed by atoms with Crippen molar-refractivity contribution in [1.82, 2.24) is 14.9 Å². The van der Waals surface area contributed by atoms with E-state index in [0.29, 0.717) is 12.1 Å². The van der Waals surface area contributed by atoms with E-state index in [2.05, 4.69) is 15.0 Å².